The molecule has 0 aliphatic heterocycles. The van der Waals surface area contributed by atoms with Crippen LogP contribution in [0.25, 0.3) is 0 Å². The van der Waals surface area contributed by atoms with Crippen LogP contribution in [0.2, 0.25) is 0 Å². The summed E-state index contributed by atoms with van der Waals surface area (Å²) in [5, 5.41) is 0. The number of rotatable bonds is 3. The molecular formula is C14H31N. The average Bonchev–Trinajstić information content (AvgIpc) is 1.97. The molecule has 0 amide bonds. The fourth-order valence-electron chi connectivity index (χ4n) is 1.76. The summed E-state index contributed by atoms with van der Waals surface area (Å²) in [5.41, 5.74) is 0.975. The van der Waals surface area contributed by atoms with E-state index < -0.39 is 0 Å². The zero-order chi connectivity index (χ0) is 12.5. The lowest BCUT2D eigenvalue weighted by Gasteiger charge is -2.45. The molecule has 0 fully saturated rings. The van der Waals surface area contributed by atoms with Crippen molar-refractivity contribution in [1.82, 2.24) is 4.90 Å². The van der Waals surface area contributed by atoms with E-state index in [0.29, 0.717) is 5.41 Å². The van der Waals surface area contributed by atoms with Crippen LogP contribution >= 0.6 is 0 Å². The Morgan fingerprint density at radius 3 is 1.40 bits per heavy atom. The minimum atomic E-state index is 0.251. The van der Waals surface area contributed by atoms with Gasteiger partial charge in [-0.15, -0.1) is 0 Å². The van der Waals surface area contributed by atoms with Gasteiger partial charge in [-0.05, 0) is 59.9 Å². The fourth-order valence-corrected chi connectivity index (χ4v) is 1.76. The Labute approximate surface area is 97.2 Å². The molecule has 1 heteroatoms. The summed E-state index contributed by atoms with van der Waals surface area (Å²) in [6.45, 7) is 18.5. The van der Waals surface area contributed by atoms with Crippen LogP contribution in [-0.2, 0) is 0 Å². The Balaban J connectivity index is 4.43. The Bertz CT molecular complexity index is 190. The van der Waals surface area contributed by atoms with E-state index in [0.717, 1.165) is 0 Å². The van der Waals surface area contributed by atoms with Gasteiger partial charge in [-0.25, -0.2) is 0 Å². The van der Waals surface area contributed by atoms with Gasteiger partial charge in [0.15, 0.2) is 0 Å². The SMILES string of the molecule is CN(C(C)(C)C)C(C)(C)CCC(C)(C)C. The van der Waals surface area contributed by atoms with Crippen LogP contribution < -0.4 is 0 Å². The molecule has 0 radical (unpaired) electrons. The van der Waals surface area contributed by atoms with Gasteiger partial charge in [-0.3, -0.25) is 4.90 Å². The normalized spacial score (nSPS) is 14.8. The third kappa shape index (κ3) is 5.55. The lowest BCUT2D eigenvalue weighted by molar-refractivity contribution is 0.0426. The number of hydrogen-bond acceptors (Lipinski definition) is 1. The average molecular weight is 213 g/mol. The van der Waals surface area contributed by atoms with Gasteiger partial charge in [0, 0.05) is 11.1 Å². The summed E-state index contributed by atoms with van der Waals surface area (Å²) in [7, 11) is 2.24. The maximum Gasteiger partial charge on any atom is 0.0155 e. The summed E-state index contributed by atoms with van der Waals surface area (Å²) in [5.74, 6) is 0. The van der Waals surface area contributed by atoms with E-state index in [-0.39, 0.29) is 11.1 Å². The zero-order valence-corrected chi connectivity index (χ0v) is 12.4. The molecule has 0 atom stereocenters. The van der Waals surface area contributed by atoms with Crippen LogP contribution in [0, 0.1) is 5.41 Å². The Morgan fingerprint density at radius 1 is 0.733 bits per heavy atom. The van der Waals surface area contributed by atoms with Gasteiger partial charge in [-0.2, -0.15) is 0 Å². The van der Waals surface area contributed by atoms with Crippen molar-refractivity contribution >= 4 is 0 Å². The molecule has 0 aliphatic rings. The van der Waals surface area contributed by atoms with Gasteiger partial charge in [0.25, 0.3) is 0 Å². The topological polar surface area (TPSA) is 3.24 Å². The second-order valence-corrected chi connectivity index (χ2v) is 7.60. The highest BCUT2D eigenvalue weighted by atomic mass is 15.2. The molecule has 0 unspecified atom stereocenters. The van der Waals surface area contributed by atoms with Crippen molar-refractivity contribution < 1.29 is 0 Å². The number of nitrogens with zero attached hydrogens (tertiary/aromatic N) is 1. The van der Waals surface area contributed by atoms with Crippen LogP contribution in [0.3, 0.4) is 0 Å². The molecule has 15 heavy (non-hydrogen) atoms. The van der Waals surface area contributed by atoms with Crippen LogP contribution in [0.5, 0.6) is 0 Å². The molecule has 0 saturated carbocycles. The van der Waals surface area contributed by atoms with Crippen molar-refractivity contribution in [2.24, 2.45) is 5.41 Å². The first-order chi connectivity index (χ1) is 6.36. The third-order valence-electron chi connectivity index (χ3n) is 3.40. The van der Waals surface area contributed by atoms with Crippen LogP contribution in [0.15, 0.2) is 0 Å². The van der Waals surface area contributed by atoms with Gasteiger partial charge in [-0.1, -0.05) is 20.8 Å². The molecular weight excluding hydrogens is 182 g/mol. The molecule has 1 nitrogen and oxygen atoms in total. The van der Waals surface area contributed by atoms with E-state index in [1.807, 2.05) is 0 Å². The maximum atomic E-state index is 2.49. The Morgan fingerprint density at radius 2 is 1.13 bits per heavy atom. The minimum Gasteiger partial charge on any atom is -0.296 e. The second-order valence-electron chi connectivity index (χ2n) is 7.60. The fraction of sp³-hybridized carbons (Fsp3) is 1.00. The van der Waals surface area contributed by atoms with Crippen molar-refractivity contribution in [2.75, 3.05) is 7.05 Å². The highest BCUT2D eigenvalue weighted by molar-refractivity contribution is 4.88. The molecule has 0 aromatic rings. The lowest BCUT2D eigenvalue weighted by atomic mass is 9.83. The van der Waals surface area contributed by atoms with E-state index in [2.05, 4.69) is 67.3 Å². The van der Waals surface area contributed by atoms with Crippen molar-refractivity contribution in [3.05, 3.63) is 0 Å². The lowest BCUT2D eigenvalue weighted by Crippen LogP contribution is -2.51. The van der Waals surface area contributed by atoms with Crippen molar-refractivity contribution in [1.29, 1.82) is 0 Å². The molecule has 92 valence electrons. The maximum absolute atomic E-state index is 2.49. The van der Waals surface area contributed by atoms with E-state index in [1.165, 1.54) is 12.8 Å². The molecule has 0 saturated heterocycles. The van der Waals surface area contributed by atoms with Gasteiger partial charge in [0.2, 0.25) is 0 Å². The highest BCUT2D eigenvalue weighted by Gasteiger charge is 2.32. The predicted molar refractivity (Wildman–Crippen MR) is 70.3 cm³/mol. The molecule has 0 N–H and O–H groups in total. The van der Waals surface area contributed by atoms with E-state index in [4.69, 9.17) is 0 Å². The quantitative estimate of drug-likeness (QED) is 0.675. The first-order valence-electron chi connectivity index (χ1n) is 6.10. The van der Waals surface area contributed by atoms with Crippen LogP contribution in [0.1, 0.15) is 68.2 Å². The van der Waals surface area contributed by atoms with Crippen molar-refractivity contribution in [2.45, 2.75) is 79.3 Å². The molecule has 0 aliphatic carbocycles. The third-order valence-corrected chi connectivity index (χ3v) is 3.40. The van der Waals surface area contributed by atoms with E-state index in [1.54, 1.807) is 0 Å². The minimum absolute atomic E-state index is 0.251. The first-order valence-corrected chi connectivity index (χ1v) is 6.10. The van der Waals surface area contributed by atoms with Gasteiger partial charge >= 0.3 is 0 Å². The van der Waals surface area contributed by atoms with E-state index >= 15 is 0 Å². The molecule has 0 aromatic carbocycles. The summed E-state index contributed by atoms with van der Waals surface area (Å²) in [6, 6.07) is 0. The van der Waals surface area contributed by atoms with Crippen molar-refractivity contribution in [3.8, 4) is 0 Å². The molecule has 0 bridgehead atoms. The Hall–Kier alpha value is -0.0400. The molecule has 0 aromatic heterocycles. The first kappa shape index (κ1) is 15.0. The number of hydrogen-bond donors (Lipinski definition) is 0. The Kier molecular flexibility index (Phi) is 4.44. The van der Waals surface area contributed by atoms with Crippen LogP contribution in [0.4, 0.5) is 0 Å². The summed E-state index contributed by atoms with van der Waals surface area (Å²) in [6.07, 6.45) is 2.53. The largest absolute Gasteiger partial charge is 0.296 e. The molecule has 0 heterocycles. The summed E-state index contributed by atoms with van der Waals surface area (Å²) in [4.78, 5) is 2.49. The monoisotopic (exact) mass is 213 g/mol. The van der Waals surface area contributed by atoms with E-state index in [9.17, 15) is 0 Å². The standard InChI is InChI=1S/C14H31N/c1-12(2,3)10-11-14(7,8)15(9)13(4,5)6/h10-11H2,1-9H3. The summed E-state index contributed by atoms with van der Waals surface area (Å²) < 4.78 is 0. The van der Waals surface area contributed by atoms with Gasteiger partial charge in [0.1, 0.15) is 0 Å². The zero-order valence-electron chi connectivity index (χ0n) is 12.4. The van der Waals surface area contributed by atoms with Crippen LogP contribution in [-0.4, -0.2) is 23.0 Å². The van der Waals surface area contributed by atoms with Crippen molar-refractivity contribution in [3.63, 3.8) is 0 Å². The van der Waals surface area contributed by atoms with Gasteiger partial charge < -0.3 is 0 Å². The molecule has 0 spiro atoms. The molecule has 0 rings (SSSR count). The summed E-state index contributed by atoms with van der Waals surface area (Å²) >= 11 is 0. The highest BCUT2D eigenvalue weighted by Crippen LogP contribution is 2.31. The predicted octanol–water partition coefficient (Wildman–Crippen LogP) is 4.32. The second kappa shape index (κ2) is 4.45. The smallest absolute Gasteiger partial charge is 0.0155 e. The van der Waals surface area contributed by atoms with Gasteiger partial charge in [0.05, 0.1) is 0 Å².